The maximum atomic E-state index is 11.2. The van der Waals surface area contributed by atoms with Crippen molar-refractivity contribution in [2.45, 2.75) is 20.3 Å². The minimum Gasteiger partial charge on any atom is -0.322 e. The van der Waals surface area contributed by atoms with Crippen LogP contribution in [-0.2, 0) is 11.2 Å². The first-order valence-corrected chi connectivity index (χ1v) is 6.91. The third kappa shape index (κ3) is 3.62. The normalized spacial score (nSPS) is 10.5. The average molecular weight is 275 g/mol. The van der Waals surface area contributed by atoms with E-state index in [-0.39, 0.29) is 12.5 Å². The molecule has 5 heteroatoms. The number of nitrogens with zero attached hydrogens (tertiary/aromatic N) is 1. The summed E-state index contributed by atoms with van der Waals surface area (Å²) in [5.41, 5.74) is 9.08. The van der Waals surface area contributed by atoms with Gasteiger partial charge in [0.1, 0.15) is 0 Å². The second-order valence-corrected chi connectivity index (χ2v) is 5.59. The van der Waals surface area contributed by atoms with Gasteiger partial charge in [0.25, 0.3) is 0 Å². The summed E-state index contributed by atoms with van der Waals surface area (Å²) in [4.78, 5) is 16.5. The third-order valence-electron chi connectivity index (χ3n) is 2.93. The van der Waals surface area contributed by atoms with Crippen LogP contribution in [-0.4, -0.2) is 17.4 Å². The molecule has 0 spiro atoms. The summed E-state index contributed by atoms with van der Waals surface area (Å²) in [7, 11) is 0. The van der Waals surface area contributed by atoms with Gasteiger partial charge in [-0.3, -0.25) is 4.79 Å². The Morgan fingerprint density at radius 2 is 2.16 bits per heavy atom. The molecule has 1 aromatic heterocycles. The van der Waals surface area contributed by atoms with Crippen LogP contribution in [0, 0.1) is 13.8 Å². The van der Waals surface area contributed by atoms with Crippen LogP contribution < -0.4 is 11.1 Å². The summed E-state index contributed by atoms with van der Waals surface area (Å²) >= 11 is 1.48. The van der Waals surface area contributed by atoms with E-state index in [9.17, 15) is 4.79 Å². The number of nitrogens with two attached hydrogens (primary N) is 1. The largest absolute Gasteiger partial charge is 0.322 e. The molecule has 0 bridgehead atoms. The third-order valence-corrected chi connectivity index (χ3v) is 3.85. The van der Waals surface area contributed by atoms with Crippen molar-refractivity contribution in [3.05, 3.63) is 46.0 Å². The van der Waals surface area contributed by atoms with Crippen molar-refractivity contribution in [3.63, 3.8) is 0 Å². The van der Waals surface area contributed by atoms with Crippen LogP contribution in [0.4, 0.5) is 5.13 Å². The quantitative estimate of drug-likeness (QED) is 0.899. The number of rotatable bonds is 4. The average Bonchev–Trinajstić information content (AvgIpc) is 2.81. The topological polar surface area (TPSA) is 68.0 Å². The maximum absolute atomic E-state index is 11.2. The van der Waals surface area contributed by atoms with Gasteiger partial charge < -0.3 is 11.1 Å². The molecule has 2 rings (SSSR count). The minimum absolute atomic E-state index is 0.0218. The van der Waals surface area contributed by atoms with E-state index in [1.165, 1.54) is 28.0 Å². The summed E-state index contributed by atoms with van der Waals surface area (Å²) in [6.45, 7) is 4.19. The Balaban J connectivity index is 2.07. The highest BCUT2D eigenvalue weighted by molar-refractivity contribution is 7.15. The molecular formula is C14H17N3OS. The molecule has 1 heterocycles. The van der Waals surface area contributed by atoms with E-state index >= 15 is 0 Å². The van der Waals surface area contributed by atoms with Gasteiger partial charge in [0.15, 0.2) is 5.13 Å². The molecule has 19 heavy (non-hydrogen) atoms. The predicted octanol–water partition coefficient (Wildman–Crippen LogP) is 2.25. The summed E-state index contributed by atoms with van der Waals surface area (Å²) in [5.74, 6) is -0.216. The molecular weight excluding hydrogens is 258 g/mol. The van der Waals surface area contributed by atoms with Crippen LogP contribution in [0.1, 0.15) is 21.6 Å². The fourth-order valence-corrected chi connectivity index (χ4v) is 2.59. The van der Waals surface area contributed by atoms with E-state index in [0.717, 1.165) is 11.3 Å². The van der Waals surface area contributed by atoms with E-state index in [2.05, 4.69) is 42.3 Å². The molecule has 4 nitrogen and oxygen atoms in total. The van der Waals surface area contributed by atoms with Crippen LogP contribution >= 0.6 is 11.3 Å². The molecule has 0 atom stereocenters. The van der Waals surface area contributed by atoms with Crippen LogP contribution in [0.15, 0.2) is 24.4 Å². The molecule has 0 unspecified atom stereocenters. The summed E-state index contributed by atoms with van der Waals surface area (Å²) < 4.78 is 0. The molecule has 2 aromatic rings. The van der Waals surface area contributed by atoms with Crippen molar-refractivity contribution in [3.8, 4) is 0 Å². The Bertz CT molecular complexity index is 592. The first-order valence-electron chi connectivity index (χ1n) is 6.09. The molecule has 0 saturated heterocycles. The molecule has 1 amide bonds. The summed E-state index contributed by atoms with van der Waals surface area (Å²) in [6.07, 6.45) is 2.63. The van der Waals surface area contributed by atoms with Crippen molar-refractivity contribution in [1.29, 1.82) is 0 Å². The van der Waals surface area contributed by atoms with Crippen molar-refractivity contribution in [2.24, 2.45) is 5.73 Å². The lowest BCUT2D eigenvalue weighted by Gasteiger charge is -2.03. The van der Waals surface area contributed by atoms with E-state index in [4.69, 9.17) is 5.73 Å². The van der Waals surface area contributed by atoms with Crippen LogP contribution in [0.3, 0.4) is 0 Å². The van der Waals surface area contributed by atoms with Crippen LogP contribution in [0.5, 0.6) is 0 Å². The number of amides is 1. The highest BCUT2D eigenvalue weighted by atomic mass is 32.1. The van der Waals surface area contributed by atoms with Gasteiger partial charge in [0, 0.05) is 17.5 Å². The van der Waals surface area contributed by atoms with E-state index in [0.29, 0.717) is 5.13 Å². The fourth-order valence-electron chi connectivity index (χ4n) is 1.73. The minimum atomic E-state index is -0.216. The molecule has 0 aliphatic rings. The first kappa shape index (κ1) is 13.7. The number of thiazole rings is 1. The Kier molecular flexibility index (Phi) is 4.29. The van der Waals surface area contributed by atoms with Crippen molar-refractivity contribution >= 4 is 22.4 Å². The lowest BCUT2D eigenvalue weighted by molar-refractivity contribution is -0.114. The van der Waals surface area contributed by atoms with Gasteiger partial charge in [0.05, 0.1) is 6.54 Å². The van der Waals surface area contributed by atoms with E-state index < -0.39 is 0 Å². The van der Waals surface area contributed by atoms with Crippen LogP contribution in [0.25, 0.3) is 0 Å². The highest BCUT2D eigenvalue weighted by Crippen LogP contribution is 2.22. The van der Waals surface area contributed by atoms with Gasteiger partial charge in [0.2, 0.25) is 5.91 Å². The molecule has 1 aromatic carbocycles. The number of nitrogens with one attached hydrogen (secondary N) is 1. The number of carbonyl (C=O) groups excluding carboxylic acids is 1. The Morgan fingerprint density at radius 1 is 1.37 bits per heavy atom. The van der Waals surface area contributed by atoms with Crippen molar-refractivity contribution in [1.82, 2.24) is 4.98 Å². The molecule has 0 radical (unpaired) electrons. The summed E-state index contributed by atoms with van der Waals surface area (Å²) in [5, 5.41) is 3.27. The second kappa shape index (κ2) is 5.95. The number of benzene rings is 1. The smallest absolute Gasteiger partial charge is 0.239 e. The number of hydrogen-bond donors (Lipinski definition) is 2. The number of hydrogen-bond acceptors (Lipinski definition) is 4. The molecule has 0 fully saturated rings. The monoisotopic (exact) mass is 275 g/mol. The SMILES string of the molecule is Cc1ccc(Cc2cnc(NC(=O)CN)s2)cc1C. The zero-order valence-electron chi connectivity index (χ0n) is 11.1. The Labute approximate surface area is 116 Å². The van der Waals surface area contributed by atoms with E-state index in [1.807, 2.05) is 0 Å². The van der Waals surface area contributed by atoms with Crippen molar-refractivity contribution < 1.29 is 4.79 Å². The maximum Gasteiger partial charge on any atom is 0.239 e. The molecule has 100 valence electrons. The summed E-state index contributed by atoms with van der Waals surface area (Å²) in [6, 6.07) is 6.44. The Morgan fingerprint density at radius 3 is 2.84 bits per heavy atom. The van der Waals surface area contributed by atoms with Gasteiger partial charge in [-0.15, -0.1) is 11.3 Å². The predicted molar refractivity (Wildman–Crippen MR) is 78.5 cm³/mol. The number of carbonyl (C=O) groups is 1. The number of anilines is 1. The van der Waals surface area contributed by atoms with Gasteiger partial charge >= 0.3 is 0 Å². The highest BCUT2D eigenvalue weighted by Gasteiger charge is 2.06. The molecule has 0 aliphatic carbocycles. The lowest BCUT2D eigenvalue weighted by atomic mass is 10.0. The lowest BCUT2D eigenvalue weighted by Crippen LogP contribution is -2.21. The Hall–Kier alpha value is -1.72. The molecule has 3 N–H and O–H groups in total. The second-order valence-electron chi connectivity index (χ2n) is 4.48. The zero-order chi connectivity index (χ0) is 13.8. The van der Waals surface area contributed by atoms with Gasteiger partial charge in [-0.05, 0) is 30.5 Å². The number of aromatic nitrogens is 1. The van der Waals surface area contributed by atoms with E-state index in [1.54, 1.807) is 6.20 Å². The molecule has 0 aliphatic heterocycles. The van der Waals surface area contributed by atoms with Crippen molar-refractivity contribution in [2.75, 3.05) is 11.9 Å². The van der Waals surface area contributed by atoms with Gasteiger partial charge in [-0.2, -0.15) is 0 Å². The zero-order valence-corrected chi connectivity index (χ0v) is 11.9. The number of aryl methyl sites for hydroxylation is 2. The van der Waals surface area contributed by atoms with Crippen LogP contribution in [0.2, 0.25) is 0 Å². The first-order chi connectivity index (χ1) is 9.08. The molecule has 0 saturated carbocycles. The fraction of sp³-hybridized carbons (Fsp3) is 0.286. The standard InChI is InChI=1S/C14H17N3OS/c1-9-3-4-11(5-10(9)2)6-12-8-16-14(19-12)17-13(18)7-15/h3-5,8H,6-7,15H2,1-2H3,(H,16,17,18). The van der Waals surface area contributed by atoms with Gasteiger partial charge in [-0.25, -0.2) is 4.98 Å². The van der Waals surface area contributed by atoms with Gasteiger partial charge in [-0.1, -0.05) is 18.2 Å².